The summed E-state index contributed by atoms with van der Waals surface area (Å²) in [6.07, 6.45) is 3.87. The van der Waals surface area contributed by atoms with E-state index in [9.17, 15) is 13.2 Å². The third kappa shape index (κ3) is 2.27. The predicted molar refractivity (Wildman–Crippen MR) is 74.8 cm³/mol. The first-order valence-corrected chi connectivity index (χ1v) is 7.81. The number of carboxylic acids is 1. The summed E-state index contributed by atoms with van der Waals surface area (Å²) in [6, 6.07) is 4.50. The number of rotatable bonds is 3. The summed E-state index contributed by atoms with van der Waals surface area (Å²) in [5.74, 6) is -1.02. The highest BCUT2D eigenvalue weighted by Gasteiger charge is 2.30. The van der Waals surface area contributed by atoms with Crippen LogP contribution in [0, 0.1) is 0 Å². The highest BCUT2D eigenvalue weighted by atomic mass is 32.2. The summed E-state index contributed by atoms with van der Waals surface area (Å²) in [5.41, 5.74) is 1.42. The first-order valence-electron chi connectivity index (χ1n) is 6.37. The van der Waals surface area contributed by atoms with E-state index in [1.165, 1.54) is 29.0 Å². The van der Waals surface area contributed by atoms with Crippen LogP contribution in [-0.4, -0.2) is 36.0 Å². The Morgan fingerprint density at radius 3 is 2.86 bits per heavy atom. The van der Waals surface area contributed by atoms with E-state index in [-0.39, 0.29) is 10.6 Å². The van der Waals surface area contributed by atoms with Gasteiger partial charge in [-0.15, -0.1) is 0 Å². The predicted octanol–water partition coefficient (Wildman–Crippen LogP) is 1.25. The molecule has 21 heavy (non-hydrogen) atoms. The van der Waals surface area contributed by atoms with Crippen molar-refractivity contribution >= 4 is 21.7 Å². The van der Waals surface area contributed by atoms with Crippen LogP contribution in [-0.2, 0) is 16.4 Å². The van der Waals surface area contributed by atoms with E-state index in [0.29, 0.717) is 25.1 Å². The molecule has 2 aromatic rings. The molecule has 3 rings (SSSR count). The van der Waals surface area contributed by atoms with Crippen molar-refractivity contribution in [3.8, 4) is 0 Å². The number of hydrogen-bond donors (Lipinski definition) is 2. The molecule has 7 nitrogen and oxygen atoms in total. The number of aromatic nitrogens is 2. The molecule has 1 aromatic carbocycles. The number of hydrogen-bond acceptors (Lipinski definition) is 4. The number of aromatic amines is 1. The highest BCUT2D eigenvalue weighted by molar-refractivity contribution is 7.92. The van der Waals surface area contributed by atoms with E-state index in [1.807, 2.05) is 0 Å². The van der Waals surface area contributed by atoms with Gasteiger partial charge in [0.15, 0.2) is 5.03 Å². The van der Waals surface area contributed by atoms with Gasteiger partial charge >= 0.3 is 5.97 Å². The van der Waals surface area contributed by atoms with Crippen LogP contribution in [0.2, 0.25) is 0 Å². The Bertz CT molecular complexity index is 784. The van der Waals surface area contributed by atoms with Crippen molar-refractivity contribution in [2.75, 3.05) is 10.8 Å². The third-order valence-corrected chi connectivity index (χ3v) is 5.18. The number of carbonyl (C=O) groups is 1. The van der Waals surface area contributed by atoms with Gasteiger partial charge in [0, 0.05) is 6.54 Å². The molecule has 0 radical (unpaired) electrons. The number of H-pyrrole nitrogens is 1. The number of aromatic carboxylic acids is 1. The fourth-order valence-electron chi connectivity index (χ4n) is 2.45. The van der Waals surface area contributed by atoms with Gasteiger partial charge < -0.3 is 10.1 Å². The zero-order valence-corrected chi connectivity index (χ0v) is 11.8. The van der Waals surface area contributed by atoms with Crippen LogP contribution >= 0.6 is 0 Å². The van der Waals surface area contributed by atoms with Gasteiger partial charge in [0.1, 0.15) is 0 Å². The van der Waals surface area contributed by atoms with Crippen LogP contribution in [0.3, 0.4) is 0 Å². The molecule has 0 saturated heterocycles. The monoisotopic (exact) mass is 307 g/mol. The van der Waals surface area contributed by atoms with E-state index in [1.54, 1.807) is 6.07 Å². The minimum absolute atomic E-state index is 0.0256. The second-order valence-electron chi connectivity index (χ2n) is 4.75. The molecule has 0 atom stereocenters. The number of fused-ring (bicyclic) bond motifs is 1. The molecule has 0 unspecified atom stereocenters. The zero-order chi connectivity index (χ0) is 15.0. The van der Waals surface area contributed by atoms with E-state index in [2.05, 4.69) is 9.97 Å². The van der Waals surface area contributed by atoms with E-state index < -0.39 is 16.0 Å². The molecular formula is C13H13N3O4S. The van der Waals surface area contributed by atoms with Gasteiger partial charge in [-0.3, -0.25) is 4.31 Å². The maximum Gasteiger partial charge on any atom is 0.335 e. The summed E-state index contributed by atoms with van der Waals surface area (Å²) >= 11 is 0. The Morgan fingerprint density at radius 1 is 1.38 bits per heavy atom. The number of aryl methyl sites for hydroxylation is 1. The number of nitrogens with one attached hydrogen (secondary N) is 1. The summed E-state index contributed by atoms with van der Waals surface area (Å²) in [4.78, 5) is 17.3. The standard InChI is InChI=1S/C13H13N3O4S/c17-13(18)10-3-4-11-9(6-10)2-1-5-16(11)21(19,20)12-7-14-8-15-12/h3-4,6-8H,1-2,5H2,(H,14,15)(H,17,18). The molecule has 1 aliphatic heterocycles. The molecule has 0 saturated carbocycles. The summed E-state index contributed by atoms with van der Waals surface area (Å²) in [6.45, 7) is 0.362. The Balaban J connectivity index is 2.07. The van der Waals surface area contributed by atoms with Crippen LogP contribution in [0.4, 0.5) is 5.69 Å². The number of carboxylic acid groups (broad SMARTS) is 1. The van der Waals surface area contributed by atoms with Crippen molar-refractivity contribution < 1.29 is 18.3 Å². The molecular weight excluding hydrogens is 294 g/mol. The average molecular weight is 307 g/mol. The lowest BCUT2D eigenvalue weighted by Gasteiger charge is -2.30. The van der Waals surface area contributed by atoms with Crippen LogP contribution in [0.5, 0.6) is 0 Å². The molecule has 0 aliphatic carbocycles. The minimum Gasteiger partial charge on any atom is -0.478 e. The number of sulfonamides is 1. The zero-order valence-electron chi connectivity index (χ0n) is 11.0. The van der Waals surface area contributed by atoms with Crippen molar-refractivity contribution in [2.24, 2.45) is 0 Å². The van der Waals surface area contributed by atoms with Crippen molar-refractivity contribution in [2.45, 2.75) is 17.9 Å². The van der Waals surface area contributed by atoms with Gasteiger partial charge in [0.05, 0.1) is 23.8 Å². The fourth-order valence-corrected chi connectivity index (χ4v) is 3.89. The number of benzene rings is 1. The smallest absolute Gasteiger partial charge is 0.335 e. The Morgan fingerprint density at radius 2 is 2.19 bits per heavy atom. The Labute approximate surface area is 121 Å². The molecule has 0 spiro atoms. The molecule has 8 heteroatoms. The van der Waals surface area contributed by atoms with Gasteiger partial charge in [0.2, 0.25) is 0 Å². The molecule has 0 amide bonds. The first-order chi connectivity index (χ1) is 10.00. The van der Waals surface area contributed by atoms with Crippen molar-refractivity contribution in [1.82, 2.24) is 9.97 Å². The van der Waals surface area contributed by atoms with E-state index in [4.69, 9.17) is 5.11 Å². The first kappa shape index (κ1) is 13.6. The lowest BCUT2D eigenvalue weighted by atomic mass is 10.0. The van der Waals surface area contributed by atoms with E-state index in [0.717, 1.165) is 5.56 Å². The molecule has 110 valence electrons. The highest BCUT2D eigenvalue weighted by Crippen LogP contribution is 2.32. The second kappa shape index (κ2) is 4.88. The number of anilines is 1. The van der Waals surface area contributed by atoms with Crippen LogP contribution in [0.15, 0.2) is 35.7 Å². The molecule has 1 aliphatic rings. The summed E-state index contributed by atoms with van der Waals surface area (Å²) < 4.78 is 26.4. The lowest BCUT2D eigenvalue weighted by molar-refractivity contribution is 0.0697. The normalized spacial score (nSPS) is 14.8. The molecule has 0 fully saturated rings. The number of imidazole rings is 1. The quantitative estimate of drug-likeness (QED) is 0.888. The number of nitrogens with zero attached hydrogens (tertiary/aromatic N) is 2. The van der Waals surface area contributed by atoms with Crippen molar-refractivity contribution in [3.05, 3.63) is 41.9 Å². The third-order valence-electron chi connectivity index (χ3n) is 3.44. The van der Waals surface area contributed by atoms with Gasteiger partial charge in [-0.05, 0) is 36.6 Å². The van der Waals surface area contributed by atoms with Gasteiger partial charge in [-0.1, -0.05) is 0 Å². The Hall–Kier alpha value is -2.35. The molecule has 1 aromatic heterocycles. The topological polar surface area (TPSA) is 103 Å². The van der Waals surface area contributed by atoms with Crippen LogP contribution < -0.4 is 4.31 Å². The molecule has 2 N–H and O–H groups in total. The maximum absolute atomic E-state index is 12.6. The Kier molecular flexibility index (Phi) is 3.17. The second-order valence-corrected chi connectivity index (χ2v) is 6.58. The lowest BCUT2D eigenvalue weighted by Crippen LogP contribution is -2.35. The van der Waals surface area contributed by atoms with Crippen LogP contribution in [0.25, 0.3) is 0 Å². The maximum atomic E-state index is 12.6. The van der Waals surface area contributed by atoms with Gasteiger partial charge in [-0.2, -0.15) is 8.42 Å². The molecule has 2 heterocycles. The van der Waals surface area contributed by atoms with E-state index >= 15 is 0 Å². The average Bonchev–Trinajstić information content (AvgIpc) is 3.00. The fraction of sp³-hybridized carbons (Fsp3) is 0.231. The summed E-state index contributed by atoms with van der Waals surface area (Å²) in [5, 5.41) is 9.04. The van der Waals surface area contributed by atoms with Crippen molar-refractivity contribution in [1.29, 1.82) is 0 Å². The summed E-state index contributed by atoms with van der Waals surface area (Å²) in [7, 11) is -3.70. The SMILES string of the molecule is O=C(O)c1ccc2c(c1)CCCN2S(=O)(=O)c1cnc[nH]1. The minimum atomic E-state index is -3.70. The van der Waals surface area contributed by atoms with Gasteiger partial charge in [-0.25, -0.2) is 9.78 Å². The van der Waals surface area contributed by atoms with Crippen LogP contribution in [0.1, 0.15) is 22.3 Å². The van der Waals surface area contributed by atoms with Gasteiger partial charge in [0.25, 0.3) is 10.0 Å². The molecule has 0 bridgehead atoms. The largest absolute Gasteiger partial charge is 0.478 e. The van der Waals surface area contributed by atoms with Crippen molar-refractivity contribution in [3.63, 3.8) is 0 Å².